The van der Waals surface area contributed by atoms with E-state index in [-0.39, 0.29) is 17.0 Å². The summed E-state index contributed by atoms with van der Waals surface area (Å²) in [4.78, 5) is 11.1. The number of aromatic nitrogens is 1. The first-order valence-corrected chi connectivity index (χ1v) is 5.82. The average Bonchev–Trinajstić information content (AvgIpc) is 2.60. The SMILES string of the molecule is Cc1onc(-c2ccc(Br)cc2Cl)c1C(=O)O. The first kappa shape index (κ1) is 12.1. The number of halogens is 2. The lowest BCUT2D eigenvalue weighted by atomic mass is 10.1. The molecule has 0 spiro atoms. The molecule has 0 radical (unpaired) electrons. The Kier molecular flexibility index (Phi) is 3.22. The van der Waals surface area contributed by atoms with Gasteiger partial charge < -0.3 is 9.63 Å². The van der Waals surface area contributed by atoms with Crippen molar-refractivity contribution in [1.82, 2.24) is 5.16 Å². The minimum Gasteiger partial charge on any atom is -0.477 e. The molecule has 0 aliphatic heterocycles. The number of carbonyl (C=O) groups is 1. The molecule has 0 saturated carbocycles. The first-order chi connectivity index (χ1) is 8.00. The third kappa shape index (κ3) is 2.21. The highest BCUT2D eigenvalue weighted by Crippen LogP contribution is 2.32. The first-order valence-electron chi connectivity index (χ1n) is 4.65. The molecule has 0 unspecified atom stereocenters. The highest BCUT2D eigenvalue weighted by atomic mass is 79.9. The van der Waals surface area contributed by atoms with Crippen molar-refractivity contribution < 1.29 is 14.4 Å². The minimum absolute atomic E-state index is 0.0363. The predicted molar refractivity (Wildman–Crippen MR) is 66.3 cm³/mol. The van der Waals surface area contributed by atoms with Gasteiger partial charge in [0.2, 0.25) is 0 Å². The zero-order valence-corrected chi connectivity index (χ0v) is 11.0. The van der Waals surface area contributed by atoms with Gasteiger partial charge in [0.05, 0.1) is 5.02 Å². The molecule has 2 aromatic rings. The number of benzene rings is 1. The Bertz CT molecular complexity index is 594. The van der Waals surface area contributed by atoms with E-state index in [1.54, 1.807) is 25.1 Å². The van der Waals surface area contributed by atoms with Crippen molar-refractivity contribution in [2.45, 2.75) is 6.92 Å². The maximum Gasteiger partial charge on any atom is 0.341 e. The Morgan fingerprint density at radius 2 is 2.24 bits per heavy atom. The van der Waals surface area contributed by atoms with E-state index in [4.69, 9.17) is 21.2 Å². The summed E-state index contributed by atoms with van der Waals surface area (Å²) in [5.74, 6) is -0.829. The molecular formula is C11H7BrClNO3. The Hall–Kier alpha value is -1.33. The van der Waals surface area contributed by atoms with Gasteiger partial charge in [0.25, 0.3) is 0 Å². The molecule has 0 atom stereocenters. The van der Waals surface area contributed by atoms with Gasteiger partial charge >= 0.3 is 5.97 Å². The van der Waals surface area contributed by atoms with Gasteiger partial charge in [-0.2, -0.15) is 0 Å². The molecule has 1 heterocycles. The van der Waals surface area contributed by atoms with Crippen LogP contribution in [-0.4, -0.2) is 16.2 Å². The summed E-state index contributed by atoms with van der Waals surface area (Å²) in [5, 5.41) is 13.2. The molecule has 0 aliphatic rings. The minimum atomic E-state index is -1.09. The second-order valence-electron chi connectivity index (χ2n) is 3.39. The maximum absolute atomic E-state index is 11.1. The van der Waals surface area contributed by atoms with E-state index in [0.717, 1.165) is 4.47 Å². The van der Waals surface area contributed by atoms with Crippen molar-refractivity contribution >= 4 is 33.5 Å². The fourth-order valence-corrected chi connectivity index (χ4v) is 2.25. The van der Waals surface area contributed by atoms with Crippen LogP contribution in [0, 0.1) is 6.92 Å². The van der Waals surface area contributed by atoms with Gasteiger partial charge in [-0.15, -0.1) is 0 Å². The number of nitrogens with zero attached hydrogens (tertiary/aromatic N) is 1. The summed E-state index contributed by atoms with van der Waals surface area (Å²) >= 11 is 9.32. The van der Waals surface area contributed by atoms with E-state index < -0.39 is 5.97 Å². The highest BCUT2D eigenvalue weighted by Gasteiger charge is 2.22. The monoisotopic (exact) mass is 315 g/mol. The molecule has 17 heavy (non-hydrogen) atoms. The van der Waals surface area contributed by atoms with E-state index in [9.17, 15) is 4.79 Å². The van der Waals surface area contributed by atoms with Crippen LogP contribution in [0.15, 0.2) is 27.2 Å². The van der Waals surface area contributed by atoms with Crippen LogP contribution in [0.2, 0.25) is 5.02 Å². The lowest BCUT2D eigenvalue weighted by molar-refractivity contribution is 0.0696. The van der Waals surface area contributed by atoms with Crippen LogP contribution >= 0.6 is 27.5 Å². The number of carboxylic acids is 1. The topological polar surface area (TPSA) is 63.3 Å². The predicted octanol–water partition coefficient (Wildman–Crippen LogP) is 3.76. The van der Waals surface area contributed by atoms with Gasteiger partial charge in [-0.3, -0.25) is 0 Å². The van der Waals surface area contributed by atoms with Crippen molar-refractivity contribution in [3.8, 4) is 11.3 Å². The Morgan fingerprint density at radius 3 is 2.82 bits per heavy atom. The van der Waals surface area contributed by atoms with Crippen LogP contribution in [0.5, 0.6) is 0 Å². The number of aromatic carboxylic acids is 1. The van der Waals surface area contributed by atoms with Crippen molar-refractivity contribution in [2.24, 2.45) is 0 Å². The summed E-state index contributed by atoms with van der Waals surface area (Å²) in [7, 11) is 0. The van der Waals surface area contributed by atoms with Crippen LogP contribution in [0.4, 0.5) is 0 Å². The molecule has 1 aromatic heterocycles. The summed E-state index contributed by atoms with van der Waals surface area (Å²) < 4.78 is 5.70. The van der Waals surface area contributed by atoms with Gasteiger partial charge in [-0.05, 0) is 19.1 Å². The van der Waals surface area contributed by atoms with E-state index >= 15 is 0 Å². The van der Waals surface area contributed by atoms with Crippen molar-refractivity contribution in [3.05, 3.63) is 39.0 Å². The third-order valence-corrected chi connectivity index (χ3v) is 3.07. The van der Waals surface area contributed by atoms with Crippen molar-refractivity contribution in [3.63, 3.8) is 0 Å². The summed E-state index contributed by atoms with van der Waals surface area (Å²) in [6.07, 6.45) is 0. The van der Waals surface area contributed by atoms with E-state index in [1.807, 2.05) is 0 Å². The molecule has 0 fully saturated rings. The summed E-state index contributed by atoms with van der Waals surface area (Å²) in [6, 6.07) is 5.12. The molecule has 0 amide bonds. The average molecular weight is 317 g/mol. The van der Waals surface area contributed by atoms with Crippen LogP contribution in [0.3, 0.4) is 0 Å². The standard InChI is InChI=1S/C11H7BrClNO3/c1-5-9(11(15)16)10(14-17-5)7-3-2-6(12)4-8(7)13/h2-4H,1H3,(H,15,16). The number of hydrogen-bond acceptors (Lipinski definition) is 3. The fraction of sp³-hybridized carbons (Fsp3) is 0.0909. The number of aryl methyl sites for hydroxylation is 1. The summed E-state index contributed by atoms with van der Waals surface area (Å²) in [6.45, 7) is 1.55. The van der Waals surface area contributed by atoms with E-state index in [2.05, 4.69) is 21.1 Å². The van der Waals surface area contributed by atoms with Gasteiger partial charge in [0.1, 0.15) is 17.0 Å². The Morgan fingerprint density at radius 1 is 1.53 bits per heavy atom. The molecule has 1 N–H and O–H groups in total. The van der Waals surface area contributed by atoms with Crippen LogP contribution in [0.25, 0.3) is 11.3 Å². The van der Waals surface area contributed by atoms with E-state index in [0.29, 0.717) is 10.6 Å². The third-order valence-electron chi connectivity index (χ3n) is 2.26. The molecule has 2 rings (SSSR count). The van der Waals surface area contributed by atoms with Gasteiger partial charge in [-0.1, -0.05) is 38.8 Å². The van der Waals surface area contributed by atoms with Gasteiger partial charge in [-0.25, -0.2) is 4.79 Å². The molecule has 0 saturated heterocycles. The van der Waals surface area contributed by atoms with Crippen molar-refractivity contribution in [2.75, 3.05) is 0 Å². The van der Waals surface area contributed by atoms with Gasteiger partial charge in [0, 0.05) is 10.0 Å². The molecule has 1 aromatic carbocycles. The number of hydrogen-bond donors (Lipinski definition) is 1. The fourth-order valence-electron chi connectivity index (χ4n) is 1.49. The maximum atomic E-state index is 11.1. The lowest BCUT2D eigenvalue weighted by Crippen LogP contribution is -1.99. The van der Waals surface area contributed by atoms with Crippen LogP contribution < -0.4 is 0 Å². The second-order valence-corrected chi connectivity index (χ2v) is 4.71. The quantitative estimate of drug-likeness (QED) is 0.916. The Balaban J connectivity index is 2.65. The van der Waals surface area contributed by atoms with Crippen LogP contribution in [-0.2, 0) is 0 Å². The molecule has 6 heteroatoms. The zero-order chi connectivity index (χ0) is 12.6. The molecule has 0 bridgehead atoms. The van der Waals surface area contributed by atoms with E-state index in [1.165, 1.54) is 0 Å². The largest absolute Gasteiger partial charge is 0.477 e. The molecular weight excluding hydrogens is 309 g/mol. The molecule has 0 aliphatic carbocycles. The molecule has 88 valence electrons. The van der Waals surface area contributed by atoms with Crippen molar-refractivity contribution in [1.29, 1.82) is 0 Å². The highest BCUT2D eigenvalue weighted by molar-refractivity contribution is 9.10. The second kappa shape index (κ2) is 4.50. The smallest absolute Gasteiger partial charge is 0.341 e. The molecule has 4 nitrogen and oxygen atoms in total. The number of rotatable bonds is 2. The van der Waals surface area contributed by atoms with Gasteiger partial charge in [0.15, 0.2) is 0 Å². The summed E-state index contributed by atoms with van der Waals surface area (Å²) in [5.41, 5.74) is 0.811. The number of carboxylic acid groups (broad SMARTS) is 1. The zero-order valence-electron chi connectivity index (χ0n) is 8.70. The lowest BCUT2D eigenvalue weighted by Gasteiger charge is -2.02. The Labute approximate surface area is 110 Å². The van der Waals surface area contributed by atoms with Crippen LogP contribution in [0.1, 0.15) is 16.1 Å². The normalized spacial score (nSPS) is 10.5.